The molecule has 0 aliphatic carbocycles. The number of hydrogen-bond acceptors (Lipinski definition) is 4. The van der Waals surface area contributed by atoms with Gasteiger partial charge in [0.25, 0.3) is 0 Å². The first-order valence-electron chi connectivity index (χ1n) is 8.08. The molecule has 1 fully saturated rings. The molecular weight excluding hydrogens is 323 g/mol. The number of piperidine rings is 1. The number of likely N-dealkylation sites (tertiary alicyclic amines) is 1. The van der Waals surface area contributed by atoms with E-state index in [-0.39, 0.29) is 0 Å². The van der Waals surface area contributed by atoms with Gasteiger partial charge in [0.15, 0.2) is 6.10 Å². The Hall–Kier alpha value is -1.31. The SMILES string of the molecule is COCCOc1ccccc1CN1CCC(C(O)C(F)(F)F)CC1. The number of alkyl halides is 3. The van der Waals surface area contributed by atoms with Crippen LogP contribution in [0.25, 0.3) is 0 Å². The molecule has 1 atom stereocenters. The molecule has 0 spiro atoms. The van der Waals surface area contributed by atoms with Crippen LogP contribution in [0.3, 0.4) is 0 Å². The van der Waals surface area contributed by atoms with Gasteiger partial charge in [-0.15, -0.1) is 0 Å². The summed E-state index contributed by atoms with van der Waals surface area (Å²) in [6.45, 7) is 2.63. The highest BCUT2D eigenvalue weighted by molar-refractivity contribution is 5.33. The third kappa shape index (κ3) is 5.36. The van der Waals surface area contributed by atoms with Crippen molar-refractivity contribution in [2.24, 2.45) is 5.92 Å². The van der Waals surface area contributed by atoms with Crippen molar-refractivity contribution in [2.75, 3.05) is 33.4 Å². The molecular formula is C17H24F3NO3. The number of rotatable bonds is 7. The standard InChI is InChI=1S/C17H24F3NO3/c1-23-10-11-24-15-5-3-2-4-14(15)12-21-8-6-13(7-9-21)16(22)17(18,19)20/h2-5,13,16,22H,6-12H2,1H3. The van der Waals surface area contributed by atoms with Gasteiger partial charge in [-0.05, 0) is 37.9 Å². The fourth-order valence-electron chi connectivity index (χ4n) is 2.95. The summed E-state index contributed by atoms with van der Waals surface area (Å²) in [7, 11) is 1.61. The van der Waals surface area contributed by atoms with E-state index in [1.807, 2.05) is 24.3 Å². The largest absolute Gasteiger partial charge is 0.491 e. The number of nitrogens with zero attached hydrogens (tertiary/aromatic N) is 1. The molecule has 0 amide bonds. The van der Waals surface area contributed by atoms with Crippen molar-refractivity contribution < 1.29 is 27.8 Å². The number of hydrogen-bond donors (Lipinski definition) is 1. The van der Waals surface area contributed by atoms with Crippen LogP contribution in [-0.2, 0) is 11.3 Å². The number of benzene rings is 1. The highest BCUT2D eigenvalue weighted by atomic mass is 19.4. The van der Waals surface area contributed by atoms with Crippen molar-refractivity contribution in [2.45, 2.75) is 31.7 Å². The topological polar surface area (TPSA) is 41.9 Å². The van der Waals surface area contributed by atoms with Crippen LogP contribution in [0, 0.1) is 5.92 Å². The molecule has 4 nitrogen and oxygen atoms in total. The maximum atomic E-state index is 12.6. The van der Waals surface area contributed by atoms with Gasteiger partial charge in [0, 0.05) is 19.2 Å². The van der Waals surface area contributed by atoms with Gasteiger partial charge in [-0.25, -0.2) is 0 Å². The van der Waals surface area contributed by atoms with Gasteiger partial charge in [-0.1, -0.05) is 18.2 Å². The number of aliphatic hydroxyl groups is 1. The third-order valence-corrected chi connectivity index (χ3v) is 4.33. The number of halogens is 3. The molecule has 7 heteroatoms. The molecule has 136 valence electrons. The Balaban J connectivity index is 1.88. The number of methoxy groups -OCH3 is 1. The Morgan fingerprint density at radius 2 is 1.88 bits per heavy atom. The number of aliphatic hydroxyl groups excluding tert-OH is 1. The van der Waals surface area contributed by atoms with Gasteiger partial charge in [-0.2, -0.15) is 13.2 Å². The lowest BCUT2D eigenvalue weighted by molar-refractivity contribution is -0.223. The van der Waals surface area contributed by atoms with Crippen molar-refractivity contribution in [3.05, 3.63) is 29.8 Å². The summed E-state index contributed by atoms with van der Waals surface area (Å²) in [5, 5.41) is 9.38. The number of ether oxygens (including phenoxy) is 2. The number of para-hydroxylation sites is 1. The quantitative estimate of drug-likeness (QED) is 0.770. The first-order chi connectivity index (χ1) is 11.4. The van der Waals surface area contributed by atoms with E-state index in [9.17, 15) is 18.3 Å². The summed E-state index contributed by atoms with van der Waals surface area (Å²) in [6, 6.07) is 7.64. The van der Waals surface area contributed by atoms with Crippen molar-refractivity contribution in [1.29, 1.82) is 0 Å². The Morgan fingerprint density at radius 3 is 2.50 bits per heavy atom. The molecule has 1 unspecified atom stereocenters. The summed E-state index contributed by atoms with van der Waals surface area (Å²) < 4.78 is 48.4. The molecule has 1 N–H and O–H groups in total. The van der Waals surface area contributed by atoms with Gasteiger partial charge in [-0.3, -0.25) is 4.90 Å². The lowest BCUT2D eigenvalue weighted by Crippen LogP contribution is -2.43. The minimum Gasteiger partial charge on any atom is -0.491 e. The molecule has 2 rings (SSSR count). The summed E-state index contributed by atoms with van der Waals surface area (Å²) in [5.74, 6) is 0.0569. The summed E-state index contributed by atoms with van der Waals surface area (Å²) in [5.41, 5.74) is 1.00. The molecule has 0 aromatic heterocycles. The van der Waals surface area contributed by atoms with Crippen LogP contribution in [0.15, 0.2) is 24.3 Å². The molecule has 0 saturated carbocycles. The van der Waals surface area contributed by atoms with E-state index >= 15 is 0 Å². The second-order valence-corrected chi connectivity index (χ2v) is 6.05. The Kier molecular flexibility index (Phi) is 6.89. The monoisotopic (exact) mass is 347 g/mol. The molecule has 1 aromatic rings. The van der Waals surface area contributed by atoms with Crippen LogP contribution in [-0.4, -0.2) is 55.7 Å². The second-order valence-electron chi connectivity index (χ2n) is 6.05. The van der Waals surface area contributed by atoms with Crippen molar-refractivity contribution in [1.82, 2.24) is 4.90 Å². The van der Waals surface area contributed by atoms with Gasteiger partial charge in [0.05, 0.1) is 6.61 Å². The summed E-state index contributed by atoms with van der Waals surface area (Å²) >= 11 is 0. The van der Waals surface area contributed by atoms with E-state index < -0.39 is 18.2 Å². The predicted octanol–water partition coefficient (Wildman–Crippen LogP) is 2.85. The van der Waals surface area contributed by atoms with E-state index in [1.54, 1.807) is 7.11 Å². The molecule has 1 heterocycles. The maximum absolute atomic E-state index is 12.6. The molecule has 1 aromatic carbocycles. The zero-order valence-electron chi connectivity index (χ0n) is 13.8. The summed E-state index contributed by atoms with van der Waals surface area (Å²) in [6.07, 6.45) is -6.07. The third-order valence-electron chi connectivity index (χ3n) is 4.33. The van der Waals surface area contributed by atoms with Crippen molar-refractivity contribution in [3.63, 3.8) is 0 Å². The van der Waals surface area contributed by atoms with Crippen LogP contribution in [0.5, 0.6) is 5.75 Å². The second kappa shape index (κ2) is 8.69. The van der Waals surface area contributed by atoms with Gasteiger partial charge in [0.1, 0.15) is 12.4 Å². The van der Waals surface area contributed by atoms with E-state index in [0.717, 1.165) is 11.3 Å². The zero-order valence-corrected chi connectivity index (χ0v) is 13.8. The van der Waals surface area contributed by atoms with Gasteiger partial charge < -0.3 is 14.6 Å². The summed E-state index contributed by atoms with van der Waals surface area (Å²) in [4.78, 5) is 2.10. The Bertz CT molecular complexity index is 502. The lowest BCUT2D eigenvalue weighted by atomic mass is 9.90. The molecule has 0 radical (unpaired) electrons. The fourth-order valence-corrected chi connectivity index (χ4v) is 2.95. The molecule has 1 aliphatic heterocycles. The van der Waals surface area contributed by atoms with Crippen molar-refractivity contribution >= 4 is 0 Å². The van der Waals surface area contributed by atoms with E-state index in [4.69, 9.17) is 9.47 Å². The molecule has 0 bridgehead atoms. The maximum Gasteiger partial charge on any atom is 0.414 e. The van der Waals surface area contributed by atoms with Crippen LogP contribution >= 0.6 is 0 Å². The normalized spacial score (nSPS) is 18.5. The molecule has 24 heavy (non-hydrogen) atoms. The fraction of sp³-hybridized carbons (Fsp3) is 0.647. The molecule has 1 aliphatic rings. The smallest absolute Gasteiger partial charge is 0.414 e. The van der Waals surface area contributed by atoms with Crippen LogP contribution in [0.4, 0.5) is 13.2 Å². The van der Waals surface area contributed by atoms with Crippen molar-refractivity contribution in [3.8, 4) is 5.75 Å². The predicted molar refractivity (Wildman–Crippen MR) is 83.9 cm³/mol. The van der Waals surface area contributed by atoms with Crippen LogP contribution < -0.4 is 4.74 Å². The average molecular weight is 347 g/mol. The van der Waals surface area contributed by atoms with E-state index in [2.05, 4.69) is 4.90 Å². The van der Waals surface area contributed by atoms with Gasteiger partial charge >= 0.3 is 6.18 Å². The Labute approximate surface area is 140 Å². The van der Waals surface area contributed by atoms with E-state index in [0.29, 0.717) is 45.7 Å². The minimum atomic E-state index is -4.53. The minimum absolute atomic E-state index is 0.341. The van der Waals surface area contributed by atoms with E-state index in [1.165, 1.54) is 0 Å². The molecule has 1 saturated heterocycles. The highest BCUT2D eigenvalue weighted by Gasteiger charge is 2.44. The Morgan fingerprint density at radius 1 is 1.21 bits per heavy atom. The lowest BCUT2D eigenvalue weighted by Gasteiger charge is -2.34. The zero-order chi connectivity index (χ0) is 17.6. The first kappa shape index (κ1) is 19.0. The van der Waals surface area contributed by atoms with Crippen LogP contribution in [0.2, 0.25) is 0 Å². The first-order valence-corrected chi connectivity index (χ1v) is 8.08. The average Bonchev–Trinajstić information content (AvgIpc) is 2.56. The van der Waals surface area contributed by atoms with Gasteiger partial charge in [0.2, 0.25) is 0 Å². The highest BCUT2D eigenvalue weighted by Crippen LogP contribution is 2.32. The van der Waals surface area contributed by atoms with Crippen LogP contribution in [0.1, 0.15) is 18.4 Å².